The maximum Gasteiger partial charge on any atom is 0.317 e. The number of hydrogen-bond donors (Lipinski definition) is 1. The highest BCUT2D eigenvalue weighted by Crippen LogP contribution is 2.38. The van der Waals surface area contributed by atoms with Crippen LogP contribution in [0.2, 0.25) is 0 Å². The number of nitrogens with one attached hydrogen (secondary N) is 1. The predicted octanol–water partition coefficient (Wildman–Crippen LogP) is 2.76. The molecule has 0 saturated carbocycles. The summed E-state index contributed by atoms with van der Waals surface area (Å²) in [6.45, 7) is 2.46. The second kappa shape index (κ2) is 6.47. The number of nitrogens with zero attached hydrogens (tertiary/aromatic N) is 2. The Hall–Kier alpha value is -2.63. The lowest BCUT2D eigenvalue weighted by molar-refractivity contribution is 0.173. The first kappa shape index (κ1) is 14.9. The van der Waals surface area contributed by atoms with Gasteiger partial charge >= 0.3 is 6.03 Å². The fourth-order valence-corrected chi connectivity index (χ4v) is 3.39. The molecule has 2 aliphatic heterocycles. The minimum atomic E-state index is 0.00215. The molecule has 2 aromatic rings. The van der Waals surface area contributed by atoms with E-state index in [9.17, 15) is 4.79 Å². The number of amides is 2. The number of ether oxygens (including phenoxy) is 2. The van der Waals surface area contributed by atoms with E-state index >= 15 is 0 Å². The van der Waals surface area contributed by atoms with Gasteiger partial charge in [-0.3, -0.25) is 0 Å². The summed E-state index contributed by atoms with van der Waals surface area (Å²) in [5.41, 5.74) is 1.11. The minimum absolute atomic E-state index is 0.00215. The summed E-state index contributed by atoms with van der Waals surface area (Å²) in [4.78, 5) is 14.5. The molecule has 3 heterocycles. The molecule has 6 nitrogen and oxygen atoms in total. The topological polar surface area (TPSA) is 55.7 Å². The Kier molecular flexibility index (Phi) is 4.02. The summed E-state index contributed by atoms with van der Waals surface area (Å²) in [5.74, 6) is 1.55. The van der Waals surface area contributed by atoms with Gasteiger partial charge in [0.1, 0.15) is 0 Å². The molecule has 2 aliphatic rings. The quantitative estimate of drug-likeness (QED) is 0.939. The molecule has 1 aromatic heterocycles. The van der Waals surface area contributed by atoms with Gasteiger partial charge in [-0.25, -0.2) is 4.79 Å². The van der Waals surface area contributed by atoms with Crippen molar-refractivity contribution in [1.82, 2.24) is 14.8 Å². The Balaban J connectivity index is 1.39. The predicted molar refractivity (Wildman–Crippen MR) is 89.1 cm³/mol. The SMILES string of the molecule is O=C(NCCn1cccc1)N1CCCC1c1ccc2c(c1)OCO2. The van der Waals surface area contributed by atoms with Gasteiger partial charge in [0.25, 0.3) is 0 Å². The number of aromatic nitrogens is 1. The average Bonchev–Trinajstić information content (AvgIpc) is 3.34. The Labute approximate surface area is 141 Å². The summed E-state index contributed by atoms with van der Waals surface area (Å²) >= 11 is 0. The van der Waals surface area contributed by atoms with E-state index in [1.807, 2.05) is 47.6 Å². The average molecular weight is 327 g/mol. The maximum absolute atomic E-state index is 12.5. The summed E-state index contributed by atoms with van der Waals surface area (Å²) < 4.78 is 12.9. The highest BCUT2D eigenvalue weighted by atomic mass is 16.7. The van der Waals surface area contributed by atoms with E-state index in [0.717, 1.165) is 43.0 Å². The van der Waals surface area contributed by atoms with Crippen LogP contribution >= 0.6 is 0 Å². The molecule has 1 fully saturated rings. The summed E-state index contributed by atoms with van der Waals surface area (Å²) in [5, 5.41) is 3.03. The largest absolute Gasteiger partial charge is 0.454 e. The van der Waals surface area contributed by atoms with Gasteiger partial charge in [-0.2, -0.15) is 0 Å². The molecule has 1 atom stereocenters. The van der Waals surface area contributed by atoms with Crippen molar-refractivity contribution in [3.8, 4) is 11.5 Å². The monoisotopic (exact) mass is 327 g/mol. The van der Waals surface area contributed by atoms with Crippen LogP contribution in [0.15, 0.2) is 42.7 Å². The molecule has 6 heteroatoms. The van der Waals surface area contributed by atoms with Gasteiger partial charge in [-0.1, -0.05) is 6.07 Å². The lowest BCUT2D eigenvalue weighted by Gasteiger charge is -2.25. The molecule has 0 radical (unpaired) electrons. The van der Waals surface area contributed by atoms with E-state index < -0.39 is 0 Å². The number of carbonyl (C=O) groups is 1. The number of fused-ring (bicyclic) bond motifs is 1. The standard InChI is InChI=1S/C18H21N3O3/c22-18(19-7-11-20-8-1-2-9-20)21-10-3-4-15(21)14-5-6-16-17(12-14)24-13-23-16/h1-2,5-6,8-9,12,15H,3-4,7,10-11,13H2,(H,19,22). The molecule has 0 aliphatic carbocycles. The first-order valence-electron chi connectivity index (χ1n) is 8.36. The van der Waals surface area contributed by atoms with Crippen LogP contribution in [0.5, 0.6) is 11.5 Å². The first-order valence-corrected chi connectivity index (χ1v) is 8.36. The van der Waals surface area contributed by atoms with E-state index in [4.69, 9.17) is 9.47 Å². The maximum atomic E-state index is 12.5. The molecule has 24 heavy (non-hydrogen) atoms. The van der Waals surface area contributed by atoms with Crippen molar-refractivity contribution in [2.24, 2.45) is 0 Å². The van der Waals surface area contributed by atoms with Gasteiger partial charge in [-0.15, -0.1) is 0 Å². The van der Waals surface area contributed by atoms with Gasteiger partial charge in [0.05, 0.1) is 6.04 Å². The smallest absolute Gasteiger partial charge is 0.317 e. The summed E-state index contributed by atoms with van der Waals surface area (Å²) in [6.07, 6.45) is 5.99. The van der Waals surface area contributed by atoms with E-state index in [1.165, 1.54) is 0 Å². The zero-order valence-corrected chi connectivity index (χ0v) is 13.5. The van der Waals surface area contributed by atoms with E-state index in [0.29, 0.717) is 6.54 Å². The Bertz CT molecular complexity index is 714. The molecule has 1 N–H and O–H groups in total. The zero-order chi connectivity index (χ0) is 16.4. The number of hydrogen-bond acceptors (Lipinski definition) is 3. The third kappa shape index (κ3) is 2.91. The van der Waals surface area contributed by atoms with Crippen LogP contribution in [-0.2, 0) is 6.54 Å². The van der Waals surface area contributed by atoms with Gasteiger partial charge in [0.2, 0.25) is 6.79 Å². The fourth-order valence-electron chi connectivity index (χ4n) is 3.39. The highest BCUT2D eigenvalue weighted by Gasteiger charge is 2.30. The molecule has 1 saturated heterocycles. The van der Waals surface area contributed by atoms with Crippen molar-refractivity contribution in [2.45, 2.75) is 25.4 Å². The number of carbonyl (C=O) groups excluding carboxylic acids is 1. The Morgan fingerprint density at radius 1 is 1.21 bits per heavy atom. The number of rotatable bonds is 4. The highest BCUT2D eigenvalue weighted by molar-refractivity contribution is 5.75. The molecular weight excluding hydrogens is 306 g/mol. The van der Waals surface area contributed by atoms with Gasteiger partial charge < -0.3 is 24.3 Å². The summed E-state index contributed by atoms with van der Waals surface area (Å²) in [7, 11) is 0. The molecular formula is C18H21N3O3. The van der Waals surface area contributed by atoms with E-state index in [-0.39, 0.29) is 18.9 Å². The molecule has 4 rings (SSSR count). The van der Waals surface area contributed by atoms with Crippen LogP contribution in [-0.4, -0.2) is 35.4 Å². The number of benzene rings is 1. The molecule has 0 spiro atoms. The molecule has 126 valence electrons. The van der Waals surface area contributed by atoms with Crippen molar-refractivity contribution in [3.63, 3.8) is 0 Å². The van der Waals surface area contributed by atoms with Gasteiger partial charge in [0, 0.05) is 32.0 Å². The minimum Gasteiger partial charge on any atom is -0.454 e. The number of likely N-dealkylation sites (tertiary alicyclic amines) is 1. The first-order chi connectivity index (χ1) is 11.8. The van der Waals surface area contributed by atoms with Crippen LogP contribution in [0.1, 0.15) is 24.4 Å². The third-order valence-electron chi connectivity index (χ3n) is 4.61. The van der Waals surface area contributed by atoms with Gasteiger partial charge in [-0.05, 0) is 42.7 Å². The van der Waals surface area contributed by atoms with Crippen LogP contribution in [0.3, 0.4) is 0 Å². The molecule has 1 aromatic carbocycles. The van der Waals surface area contributed by atoms with Crippen molar-refractivity contribution in [1.29, 1.82) is 0 Å². The van der Waals surface area contributed by atoms with Crippen molar-refractivity contribution in [2.75, 3.05) is 19.9 Å². The van der Waals surface area contributed by atoms with Crippen LogP contribution in [0.4, 0.5) is 4.79 Å². The summed E-state index contributed by atoms with van der Waals surface area (Å²) in [6, 6.07) is 10.0. The van der Waals surface area contributed by atoms with E-state index in [2.05, 4.69) is 9.88 Å². The number of urea groups is 1. The normalized spacial score (nSPS) is 18.8. The second-order valence-electron chi connectivity index (χ2n) is 6.12. The van der Waals surface area contributed by atoms with E-state index in [1.54, 1.807) is 0 Å². The van der Waals surface area contributed by atoms with Crippen LogP contribution in [0.25, 0.3) is 0 Å². The van der Waals surface area contributed by atoms with Crippen LogP contribution in [0, 0.1) is 0 Å². The zero-order valence-electron chi connectivity index (χ0n) is 13.5. The van der Waals surface area contributed by atoms with Crippen LogP contribution < -0.4 is 14.8 Å². The van der Waals surface area contributed by atoms with Crippen molar-refractivity contribution < 1.29 is 14.3 Å². The Morgan fingerprint density at radius 2 is 2.04 bits per heavy atom. The lowest BCUT2D eigenvalue weighted by Crippen LogP contribution is -2.40. The molecule has 1 unspecified atom stereocenters. The molecule has 0 bridgehead atoms. The second-order valence-corrected chi connectivity index (χ2v) is 6.12. The fraction of sp³-hybridized carbons (Fsp3) is 0.389. The van der Waals surface area contributed by atoms with Crippen molar-refractivity contribution >= 4 is 6.03 Å². The third-order valence-corrected chi connectivity index (χ3v) is 4.61. The van der Waals surface area contributed by atoms with Gasteiger partial charge in [0.15, 0.2) is 11.5 Å². The lowest BCUT2D eigenvalue weighted by atomic mass is 10.0. The molecule has 2 amide bonds. The Morgan fingerprint density at radius 3 is 2.92 bits per heavy atom. The van der Waals surface area contributed by atoms with Crippen molar-refractivity contribution in [3.05, 3.63) is 48.3 Å².